The first kappa shape index (κ1) is 11.2. The van der Waals surface area contributed by atoms with Crippen LogP contribution in [-0.2, 0) is 17.9 Å². The van der Waals surface area contributed by atoms with Crippen molar-refractivity contribution >= 4 is 5.91 Å². The van der Waals surface area contributed by atoms with Crippen molar-refractivity contribution in [3.63, 3.8) is 0 Å². The summed E-state index contributed by atoms with van der Waals surface area (Å²) in [6.45, 7) is 1.34. The van der Waals surface area contributed by atoms with Crippen molar-refractivity contribution in [3.8, 4) is 0 Å². The second-order valence-electron chi connectivity index (χ2n) is 4.64. The van der Waals surface area contributed by atoms with Gasteiger partial charge in [0.25, 0.3) is 0 Å². The fraction of sp³-hybridized carbons (Fsp3) is 0.583. The summed E-state index contributed by atoms with van der Waals surface area (Å²) in [6.07, 6.45) is 6.61. The molecule has 1 saturated carbocycles. The molecule has 1 amide bonds. The van der Waals surface area contributed by atoms with Gasteiger partial charge in [-0.1, -0.05) is 0 Å². The molecule has 0 radical (unpaired) electrons. The molecule has 1 N–H and O–H groups in total. The van der Waals surface area contributed by atoms with E-state index in [1.165, 1.54) is 18.4 Å². The van der Waals surface area contributed by atoms with Gasteiger partial charge >= 0.3 is 0 Å². The maximum Gasteiger partial charge on any atom is 0.241 e. The molecule has 0 atom stereocenters. The van der Waals surface area contributed by atoms with E-state index < -0.39 is 0 Å². The maximum absolute atomic E-state index is 11.5. The normalized spacial score (nSPS) is 15.1. The van der Waals surface area contributed by atoms with E-state index in [2.05, 4.69) is 11.4 Å². The first-order chi connectivity index (χ1) is 7.65. The van der Waals surface area contributed by atoms with Gasteiger partial charge in [-0.25, -0.2) is 0 Å². The fourth-order valence-corrected chi connectivity index (χ4v) is 1.54. The molecular weight excluding hydrogens is 202 g/mol. The second kappa shape index (κ2) is 4.70. The Kier molecular flexibility index (Phi) is 3.29. The number of nitrogens with one attached hydrogen (secondary N) is 1. The lowest BCUT2D eigenvalue weighted by atomic mass is 10.3. The topological polar surface area (TPSA) is 37.3 Å². The minimum atomic E-state index is 0.123. The van der Waals surface area contributed by atoms with Gasteiger partial charge in [0.15, 0.2) is 0 Å². The average Bonchev–Trinajstić information content (AvgIpc) is 2.97. The van der Waals surface area contributed by atoms with Crippen molar-refractivity contribution in [1.82, 2.24) is 14.8 Å². The summed E-state index contributed by atoms with van der Waals surface area (Å²) >= 11 is 0. The second-order valence-corrected chi connectivity index (χ2v) is 4.64. The minimum Gasteiger partial charge on any atom is -0.347 e. The lowest BCUT2D eigenvalue weighted by Crippen LogP contribution is -2.25. The Morgan fingerprint density at radius 3 is 2.94 bits per heavy atom. The number of carbonyl (C=O) groups is 1. The summed E-state index contributed by atoms with van der Waals surface area (Å²) < 4.78 is 1.94. The summed E-state index contributed by atoms with van der Waals surface area (Å²) in [7, 11) is 3.56. The molecule has 0 aromatic carbocycles. The quantitative estimate of drug-likeness (QED) is 0.799. The SMILES string of the molecule is CN(C)C(=O)Cn1ccc(CNC2CC2)c1. The average molecular weight is 221 g/mol. The Labute approximate surface area is 96.2 Å². The number of nitrogens with zero attached hydrogens (tertiary/aromatic N) is 2. The smallest absolute Gasteiger partial charge is 0.241 e. The molecule has 88 valence electrons. The van der Waals surface area contributed by atoms with Gasteiger partial charge in [-0.05, 0) is 24.5 Å². The Morgan fingerprint density at radius 2 is 2.31 bits per heavy atom. The number of rotatable bonds is 5. The number of aromatic nitrogens is 1. The molecule has 1 aliphatic carbocycles. The van der Waals surface area contributed by atoms with E-state index in [-0.39, 0.29) is 5.91 Å². The molecule has 4 heteroatoms. The van der Waals surface area contributed by atoms with Crippen LogP contribution in [0.4, 0.5) is 0 Å². The molecule has 1 fully saturated rings. The molecule has 4 nitrogen and oxygen atoms in total. The van der Waals surface area contributed by atoms with Crippen LogP contribution in [0, 0.1) is 0 Å². The van der Waals surface area contributed by atoms with Crippen LogP contribution in [0.2, 0.25) is 0 Å². The Bertz CT molecular complexity index is 366. The van der Waals surface area contributed by atoms with Gasteiger partial charge in [-0.3, -0.25) is 4.79 Å². The zero-order chi connectivity index (χ0) is 11.5. The molecular formula is C12H19N3O. The predicted octanol–water partition coefficient (Wildman–Crippen LogP) is 0.828. The van der Waals surface area contributed by atoms with Crippen LogP contribution in [0.15, 0.2) is 18.5 Å². The molecule has 1 aromatic heterocycles. The van der Waals surface area contributed by atoms with Crippen LogP contribution in [0.25, 0.3) is 0 Å². The monoisotopic (exact) mass is 221 g/mol. The highest BCUT2D eigenvalue weighted by Gasteiger charge is 2.20. The summed E-state index contributed by atoms with van der Waals surface area (Å²) in [5.41, 5.74) is 1.25. The summed E-state index contributed by atoms with van der Waals surface area (Å²) in [5, 5.41) is 3.45. The molecule has 16 heavy (non-hydrogen) atoms. The zero-order valence-electron chi connectivity index (χ0n) is 9.94. The molecule has 2 rings (SSSR count). The third-order valence-corrected chi connectivity index (χ3v) is 2.80. The van der Waals surface area contributed by atoms with Crippen LogP contribution in [-0.4, -0.2) is 35.5 Å². The van der Waals surface area contributed by atoms with Crippen molar-refractivity contribution in [3.05, 3.63) is 24.0 Å². The minimum absolute atomic E-state index is 0.123. The third-order valence-electron chi connectivity index (χ3n) is 2.80. The predicted molar refractivity (Wildman–Crippen MR) is 63.0 cm³/mol. The highest BCUT2D eigenvalue weighted by molar-refractivity contribution is 5.75. The van der Waals surface area contributed by atoms with Crippen LogP contribution in [0.1, 0.15) is 18.4 Å². The van der Waals surface area contributed by atoms with Crippen molar-refractivity contribution in [1.29, 1.82) is 0 Å². The molecule has 0 unspecified atom stereocenters. The van der Waals surface area contributed by atoms with Gasteiger partial charge in [-0.15, -0.1) is 0 Å². The number of amides is 1. The number of hydrogen-bond donors (Lipinski definition) is 1. The van der Waals surface area contributed by atoms with E-state index in [4.69, 9.17) is 0 Å². The lowest BCUT2D eigenvalue weighted by molar-refractivity contribution is -0.129. The van der Waals surface area contributed by atoms with Gasteiger partial charge in [0.2, 0.25) is 5.91 Å². The Morgan fingerprint density at radius 1 is 1.56 bits per heavy atom. The van der Waals surface area contributed by atoms with Crippen LogP contribution >= 0.6 is 0 Å². The summed E-state index contributed by atoms with van der Waals surface area (Å²) in [6, 6.07) is 2.80. The van der Waals surface area contributed by atoms with Crippen molar-refractivity contribution in [2.45, 2.75) is 32.0 Å². The molecule has 0 aliphatic heterocycles. The number of likely N-dealkylation sites (N-methyl/N-ethyl adjacent to an activating group) is 1. The van der Waals surface area contributed by atoms with Crippen molar-refractivity contribution in [2.24, 2.45) is 0 Å². The standard InChI is InChI=1S/C12H19N3O/c1-14(2)12(16)9-15-6-5-10(8-15)7-13-11-3-4-11/h5-6,8,11,13H,3-4,7,9H2,1-2H3. The van der Waals surface area contributed by atoms with E-state index >= 15 is 0 Å². The first-order valence-corrected chi connectivity index (χ1v) is 5.73. The Balaban J connectivity index is 1.83. The molecule has 1 aromatic rings. The Hall–Kier alpha value is -1.29. The van der Waals surface area contributed by atoms with E-state index in [0.29, 0.717) is 6.54 Å². The molecule has 1 aliphatic rings. The van der Waals surface area contributed by atoms with Crippen molar-refractivity contribution < 1.29 is 4.79 Å². The van der Waals surface area contributed by atoms with Crippen LogP contribution in [0.5, 0.6) is 0 Å². The highest BCUT2D eigenvalue weighted by Crippen LogP contribution is 2.19. The zero-order valence-corrected chi connectivity index (χ0v) is 9.94. The van der Waals surface area contributed by atoms with Gasteiger partial charge in [0, 0.05) is 39.1 Å². The molecule has 0 saturated heterocycles. The largest absolute Gasteiger partial charge is 0.347 e. The summed E-state index contributed by atoms with van der Waals surface area (Å²) in [5.74, 6) is 0.123. The van der Waals surface area contributed by atoms with Gasteiger partial charge in [0.05, 0.1) is 0 Å². The van der Waals surface area contributed by atoms with E-state index in [9.17, 15) is 4.79 Å². The number of carbonyl (C=O) groups excluding carboxylic acids is 1. The van der Waals surface area contributed by atoms with Gasteiger partial charge < -0.3 is 14.8 Å². The van der Waals surface area contributed by atoms with Crippen LogP contribution < -0.4 is 5.32 Å². The van der Waals surface area contributed by atoms with E-state index in [1.807, 2.05) is 17.0 Å². The fourth-order valence-electron chi connectivity index (χ4n) is 1.54. The summed E-state index contributed by atoms with van der Waals surface area (Å²) in [4.78, 5) is 13.1. The lowest BCUT2D eigenvalue weighted by Gasteiger charge is -2.10. The van der Waals surface area contributed by atoms with Crippen molar-refractivity contribution in [2.75, 3.05) is 14.1 Å². The molecule has 1 heterocycles. The maximum atomic E-state index is 11.5. The highest BCUT2D eigenvalue weighted by atomic mass is 16.2. The first-order valence-electron chi connectivity index (χ1n) is 5.73. The van der Waals surface area contributed by atoms with Crippen LogP contribution in [0.3, 0.4) is 0 Å². The van der Waals surface area contributed by atoms with E-state index in [1.54, 1.807) is 19.0 Å². The van der Waals surface area contributed by atoms with Gasteiger partial charge in [-0.2, -0.15) is 0 Å². The molecule has 0 bridgehead atoms. The van der Waals surface area contributed by atoms with Gasteiger partial charge in [0.1, 0.15) is 6.54 Å². The molecule has 0 spiro atoms. The van der Waals surface area contributed by atoms with E-state index in [0.717, 1.165) is 12.6 Å². The number of hydrogen-bond acceptors (Lipinski definition) is 2. The third kappa shape index (κ3) is 3.10.